The molecule has 4 heterocycles. The average molecular weight is 625 g/mol. The second-order valence-electron chi connectivity index (χ2n) is 11.8. The van der Waals surface area contributed by atoms with Crippen LogP contribution in [0.5, 0.6) is 0 Å². The summed E-state index contributed by atoms with van der Waals surface area (Å²) in [6.07, 6.45) is 0.623. The normalized spacial score (nSPS) is 19.7. The minimum absolute atomic E-state index is 0.0257. The molecule has 9 nitrogen and oxygen atoms in total. The number of piperidine rings is 2. The molecule has 1 atom stereocenters. The van der Waals surface area contributed by atoms with E-state index < -0.39 is 24.5 Å². The zero-order chi connectivity index (χ0) is 30.4. The van der Waals surface area contributed by atoms with E-state index in [9.17, 15) is 23.1 Å². The number of β-amino-alcohol motifs (C(OH)–C–C–N with tert-alkyl or cyclic N) is 1. The Hall–Kier alpha value is -2.16. The van der Waals surface area contributed by atoms with Crippen molar-refractivity contribution >= 4 is 17.7 Å². The highest BCUT2D eigenvalue weighted by Crippen LogP contribution is 2.40. The van der Waals surface area contributed by atoms with Gasteiger partial charge in [-0.25, -0.2) is 0 Å². The van der Waals surface area contributed by atoms with Gasteiger partial charge in [-0.05, 0) is 50.9 Å². The first kappa shape index (κ1) is 32.2. The maximum atomic E-state index is 14.0. The molecule has 3 aliphatic rings. The first-order chi connectivity index (χ1) is 20.7. The third-order valence-corrected chi connectivity index (χ3v) is 9.67. The molecule has 2 aromatic rings. The summed E-state index contributed by atoms with van der Waals surface area (Å²) in [5, 5.41) is 31.0. The van der Waals surface area contributed by atoms with Crippen molar-refractivity contribution in [1.82, 2.24) is 30.2 Å². The van der Waals surface area contributed by atoms with Crippen LogP contribution in [0.4, 0.5) is 13.2 Å². The highest BCUT2D eigenvalue weighted by molar-refractivity contribution is 7.99. The first-order valence-corrected chi connectivity index (χ1v) is 16.4. The number of hydrogen-bond acceptors (Lipinski definition) is 8. The molecule has 4 N–H and O–H groups in total. The highest BCUT2D eigenvalue weighted by atomic mass is 32.2. The Morgan fingerprint density at radius 3 is 2.60 bits per heavy atom. The zero-order valence-corrected chi connectivity index (χ0v) is 25.4. The summed E-state index contributed by atoms with van der Waals surface area (Å²) in [4.78, 5) is 16.2. The van der Waals surface area contributed by atoms with Crippen LogP contribution >= 0.6 is 11.8 Å². The lowest BCUT2D eigenvalue weighted by Gasteiger charge is -2.33. The Balaban J connectivity index is 1.28. The number of alkyl halides is 3. The molecular formula is C30H43F3N6O3S. The van der Waals surface area contributed by atoms with Crippen molar-refractivity contribution < 1.29 is 28.2 Å². The van der Waals surface area contributed by atoms with Crippen LogP contribution in [0.3, 0.4) is 0 Å². The third kappa shape index (κ3) is 8.52. The monoisotopic (exact) mass is 624 g/mol. The Kier molecular flexibility index (Phi) is 11.1. The van der Waals surface area contributed by atoms with Crippen LogP contribution in [0.1, 0.15) is 48.9 Å². The Morgan fingerprint density at radius 1 is 1.12 bits per heavy atom. The predicted molar refractivity (Wildman–Crippen MR) is 160 cm³/mol. The van der Waals surface area contributed by atoms with Gasteiger partial charge in [0.2, 0.25) is 5.91 Å². The van der Waals surface area contributed by atoms with E-state index in [-0.39, 0.29) is 16.8 Å². The van der Waals surface area contributed by atoms with Crippen LogP contribution < -0.4 is 10.6 Å². The number of aliphatic hydroxyl groups is 2. The van der Waals surface area contributed by atoms with Crippen molar-refractivity contribution in [3.63, 3.8) is 0 Å². The Labute approximate surface area is 255 Å². The number of thioether (sulfide) groups is 1. The van der Waals surface area contributed by atoms with Gasteiger partial charge in [0.15, 0.2) is 0 Å². The summed E-state index contributed by atoms with van der Waals surface area (Å²) in [5.74, 6) is 0.223. The van der Waals surface area contributed by atoms with Gasteiger partial charge in [-0.15, -0.1) is 11.8 Å². The lowest BCUT2D eigenvalue weighted by atomic mass is 10.0. The number of fused-ring (bicyclic) bond motifs is 1. The largest absolute Gasteiger partial charge is 0.417 e. The van der Waals surface area contributed by atoms with E-state index in [0.717, 1.165) is 82.6 Å². The molecule has 0 aliphatic carbocycles. The molecule has 0 spiro atoms. The molecular weight excluding hydrogens is 581 g/mol. The number of amides is 1. The highest BCUT2D eigenvalue weighted by Gasteiger charge is 2.34. The van der Waals surface area contributed by atoms with Crippen LogP contribution in [0.2, 0.25) is 0 Å². The van der Waals surface area contributed by atoms with Crippen LogP contribution in [0, 0.1) is 0 Å². The van der Waals surface area contributed by atoms with E-state index in [0.29, 0.717) is 36.6 Å². The Bertz CT molecular complexity index is 1230. The van der Waals surface area contributed by atoms with E-state index in [1.165, 1.54) is 30.3 Å². The predicted octanol–water partition coefficient (Wildman–Crippen LogP) is 2.73. The standard InChI is InChI=1S/C30H43F3N6O3S/c31-30(32,33)25-5-4-21(16-27(25)43-15-14-37-10-2-1-3-11-37)29-24-17-34-9-6-26(24)39(36-29)19-23(41)18-38-12-7-22(8-13-38)35-28(42)20-40/h4-5,16,22-23,34,40-41H,1-3,6-15,17-20H2,(H,35,42). The van der Waals surface area contributed by atoms with E-state index in [4.69, 9.17) is 10.2 Å². The van der Waals surface area contributed by atoms with Crippen molar-refractivity contribution in [1.29, 1.82) is 0 Å². The maximum Gasteiger partial charge on any atom is 0.417 e. The second-order valence-corrected chi connectivity index (χ2v) is 12.9. The van der Waals surface area contributed by atoms with Crippen LogP contribution in [0.15, 0.2) is 23.1 Å². The van der Waals surface area contributed by atoms with Gasteiger partial charge in [-0.2, -0.15) is 18.3 Å². The molecule has 1 aromatic heterocycles. The summed E-state index contributed by atoms with van der Waals surface area (Å²) < 4.78 is 43.7. The number of aliphatic hydroxyl groups excluding tert-OH is 2. The molecule has 1 aromatic carbocycles. The number of nitrogens with zero attached hydrogens (tertiary/aromatic N) is 4. The molecule has 5 rings (SSSR count). The van der Waals surface area contributed by atoms with Crippen molar-refractivity contribution in [3.8, 4) is 11.3 Å². The van der Waals surface area contributed by atoms with Gasteiger partial charge in [0.1, 0.15) is 6.61 Å². The number of rotatable bonds is 11. The topological polar surface area (TPSA) is 106 Å². The zero-order valence-electron chi connectivity index (χ0n) is 24.5. The molecule has 238 valence electrons. The number of hydrogen-bond donors (Lipinski definition) is 4. The number of carbonyl (C=O) groups excluding carboxylic acids is 1. The quantitative estimate of drug-likeness (QED) is 0.283. The van der Waals surface area contributed by atoms with E-state index in [1.54, 1.807) is 6.07 Å². The summed E-state index contributed by atoms with van der Waals surface area (Å²) in [5.41, 5.74) is 2.71. The van der Waals surface area contributed by atoms with E-state index >= 15 is 0 Å². The minimum atomic E-state index is -4.44. The third-order valence-electron chi connectivity index (χ3n) is 8.63. The molecule has 2 fully saturated rings. The van der Waals surface area contributed by atoms with Crippen molar-refractivity contribution in [2.24, 2.45) is 0 Å². The van der Waals surface area contributed by atoms with Gasteiger partial charge >= 0.3 is 6.18 Å². The molecule has 0 saturated carbocycles. The van der Waals surface area contributed by atoms with Gasteiger partial charge in [-0.3, -0.25) is 9.48 Å². The number of nitrogens with one attached hydrogen (secondary N) is 2. The fourth-order valence-corrected chi connectivity index (χ4v) is 7.50. The summed E-state index contributed by atoms with van der Waals surface area (Å²) in [6.45, 7) is 5.82. The molecule has 2 saturated heterocycles. The van der Waals surface area contributed by atoms with E-state index in [2.05, 4.69) is 20.4 Å². The van der Waals surface area contributed by atoms with E-state index in [1.807, 2.05) is 4.68 Å². The van der Waals surface area contributed by atoms with Crippen LogP contribution in [-0.4, -0.2) is 106 Å². The molecule has 13 heteroatoms. The number of likely N-dealkylation sites (tertiary alicyclic amines) is 2. The fraction of sp³-hybridized carbons (Fsp3) is 0.667. The molecule has 3 aliphatic heterocycles. The lowest BCUT2D eigenvalue weighted by Crippen LogP contribution is -2.47. The molecule has 1 unspecified atom stereocenters. The second kappa shape index (κ2) is 14.7. The van der Waals surface area contributed by atoms with Gasteiger partial charge < -0.3 is 30.6 Å². The summed E-state index contributed by atoms with van der Waals surface area (Å²) in [7, 11) is 0. The lowest BCUT2D eigenvalue weighted by molar-refractivity contribution is -0.139. The van der Waals surface area contributed by atoms with Crippen LogP contribution in [0.25, 0.3) is 11.3 Å². The number of halogens is 3. The molecule has 43 heavy (non-hydrogen) atoms. The smallest absolute Gasteiger partial charge is 0.390 e. The van der Waals surface area contributed by atoms with Gasteiger partial charge in [0, 0.05) is 79.2 Å². The van der Waals surface area contributed by atoms with Crippen molar-refractivity contribution in [3.05, 3.63) is 35.0 Å². The number of aromatic nitrogens is 2. The van der Waals surface area contributed by atoms with Crippen molar-refractivity contribution in [2.45, 2.75) is 74.8 Å². The van der Waals surface area contributed by atoms with Gasteiger partial charge in [0.25, 0.3) is 0 Å². The SMILES string of the molecule is O=C(CO)NC1CCN(CC(O)Cn2nc(-c3ccc(C(F)(F)F)c(SCCN4CCCCC4)c3)c3c2CCNC3)CC1. The van der Waals surface area contributed by atoms with Crippen LogP contribution in [-0.2, 0) is 30.5 Å². The minimum Gasteiger partial charge on any atom is -0.390 e. The van der Waals surface area contributed by atoms with Crippen molar-refractivity contribution in [2.75, 3.05) is 58.2 Å². The number of benzene rings is 1. The average Bonchev–Trinajstić information content (AvgIpc) is 3.36. The fourth-order valence-electron chi connectivity index (χ4n) is 6.38. The summed E-state index contributed by atoms with van der Waals surface area (Å²) in [6, 6.07) is 4.37. The van der Waals surface area contributed by atoms with Gasteiger partial charge in [0.05, 0.1) is 23.9 Å². The molecule has 0 radical (unpaired) electrons. The number of carbonyl (C=O) groups is 1. The summed E-state index contributed by atoms with van der Waals surface area (Å²) >= 11 is 1.26. The van der Waals surface area contributed by atoms with Gasteiger partial charge in [-0.1, -0.05) is 12.5 Å². The molecule has 0 bridgehead atoms. The molecule has 1 amide bonds. The first-order valence-electron chi connectivity index (χ1n) is 15.4. The maximum absolute atomic E-state index is 14.0. The Morgan fingerprint density at radius 2 is 1.88 bits per heavy atom.